The van der Waals surface area contributed by atoms with Crippen molar-refractivity contribution in [3.63, 3.8) is 0 Å². The van der Waals surface area contributed by atoms with Gasteiger partial charge in [-0.2, -0.15) is 0 Å². The molecule has 0 radical (unpaired) electrons. The van der Waals surface area contributed by atoms with Gasteiger partial charge in [-0.15, -0.1) is 0 Å². The molecular weight excluding hydrogens is 378 g/mol. The molecule has 0 fully saturated rings. The molecule has 132 valence electrons. The van der Waals surface area contributed by atoms with Crippen LogP contribution in [0.5, 0.6) is 0 Å². The fourth-order valence-corrected chi connectivity index (χ4v) is 2.30. The van der Waals surface area contributed by atoms with Crippen molar-refractivity contribution in [1.29, 1.82) is 0 Å². The van der Waals surface area contributed by atoms with Crippen molar-refractivity contribution in [1.82, 2.24) is 16.0 Å². The maximum Gasteiger partial charge on any atom is 0.326 e. The van der Waals surface area contributed by atoms with Gasteiger partial charge in [0.15, 0.2) is 0 Å². The van der Waals surface area contributed by atoms with E-state index < -0.39 is 18.0 Å². The molecule has 0 aliphatic rings. The summed E-state index contributed by atoms with van der Waals surface area (Å²) < 4.78 is 1.04. The van der Waals surface area contributed by atoms with Gasteiger partial charge in [-0.25, -0.2) is 9.59 Å². The van der Waals surface area contributed by atoms with Crippen LogP contribution in [0.2, 0.25) is 0 Å². The Morgan fingerprint density at radius 1 is 1.21 bits per heavy atom. The normalized spacial score (nSPS) is 11.5. The Bertz CT molecular complexity index is 537. The number of rotatable bonds is 11. The first kappa shape index (κ1) is 20.1. The molecule has 24 heavy (non-hydrogen) atoms. The number of aliphatic carboxylic acids is 1. The zero-order valence-electron chi connectivity index (χ0n) is 13.3. The highest BCUT2D eigenvalue weighted by molar-refractivity contribution is 9.10. The molecule has 1 atom stereocenters. The summed E-state index contributed by atoms with van der Waals surface area (Å²) in [6.45, 7) is 1.37. The standard InChI is InChI=1S/C16H22BrN3O4/c17-13-6-4-12(5-7-13)11-18-8-2-1-3-14(15(22)23)20-16(24)19-9-10-21/h4-7,10,14,18H,1-3,8-9,11H2,(H,22,23)(H2,19,20,24)/t14-/m0/s1. The number of aldehydes is 1. The molecule has 7 nitrogen and oxygen atoms in total. The van der Waals surface area contributed by atoms with Crippen LogP contribution in [0.1, 0.15) is 24.8 Å². The molecule has 1 aromatic rings. The molecule has 4 N–H and O–H groups in total. The average Bonchev–Trinajstić information content (AvgIpc) is 2.56. The van der Waals surface area contributed by atoms with Crippen LogP contribution in [0.4, 0.5) is 4.79 Å². The molecule has 0 aromatic heterocycles. The van der Waals surface area contributed by atoms with E-state index >= 15 is 0 Å². The molecule has 0 saturated heterocycles. The van der Waals surface area contributed by atoms with E-state index in [1.54, 1.807) is 0 Å². The Balaban J connectivity index is 2.18. The van der Waals surface area contributed by atoms with E-state index in [9.17, 15) is 14.4 Å². The SMILES string of the molecule is O=CCNC(=O)N[C@@H](CCCCNCc1ccc(Br)cc1)C(=O)O. The molecule has 0 unspecified atom stereocenters. The van der Waals surface area contributed by atoms with Crippen LogP contribution in [0.3, 0.4) is 0 Å². The van der Waals surface area contributed by atoms with E-state index in [-0.39, 0.29) is 6.54 Å². The summed E-state index contributed by atoms with van der Waals surface area (Å²) in [6, 6.07) is 6.41. The molecule has 1 rings (SSSR count). The topological polar surface area (TPSA) is 108 Å². The first-order chi connectivity index (χ1) is 11.5. The summed E-state index contributed by atoms with van der Waals surface area (Å²) >= 11 is 3.38. The van der Waals surface area contributed by atoms with E-state index in [0.717, 1.165) is 24.0 Å². The highest BCUT2D eigenvalue weighted by Gasteiger charge is 2.18. The molecule has 1 aromatic carbocycles. The number of carboxylic acid groups (broad SMARTS) is 1. The third-order valence-corrected chi connectivity index (χ3v) is 3.82. The number of hydrogen-bond donors (Lipinski definition) is 4. The molecule has 2 amide bonds. The number of halogens is 1. The molecule has 0 aliphatic carbocycles. The minimum absolute atomic E-state index is 0.141. The van der Waals surface area contributed by atoms with Gasteiger partial charge in [-0.3, -0.25) is 0 Å². The Hall–Kier alpha value is -1.93. The second-order valence-corrected chi connectivity index (χ2v) is 6.13. The number of benzene rings is 1. The number of carbonyl (C=O) groups excluding carboxylic acids is 2. The smallest absolute Gasteiger partial charge is 0.326 e. The van der Waals surface area contributed by atoms with Gasteiger partial charge in [-0.1, -0.05) is 28.1 Å². The Kier molecular flexibility index (Phi) is 9.71. The van der Waals surface area contributed by atoms with Crippen LogP contribution in [0.15, 0.2) is 28.7 Å². The summed E-state index contributed by atoms with van der Waals surface area (Å²) in [7, 11) is 0. The van der Waals surface area contributed by atoms with Crippen molar-refractivity contribution in [3.05, 3.63) is 34.3 Å². The summed E-state index contributed by atoms with van der Waals surface area (Å²) in [5.74, 6) is -1.08. The summed E-state index contributed by atoms with van der Waals surface area (Å²) in [4.78, 5) is 32.6. The number of carbonyl (C=O) groups is 3. The van der Waals surface area contributed by atoms with Crippen LogP contribution in [0, 0.1) is 0 Å². The zero-order chi connectivity index (χ0) is 17.8. The van der Waals surface area contributed by atoms with E-state index in [0.29, 0.717) is 19.1 Å². The van der Waals surface area contributed by atoms with Gasteiger partial charge < -0.3 is 25.9 Å². The second-order valence-electron chi connectivity index (χ2n) is 5.21. The first-order valence-electron chi connectivity index (χ1n) is 7.69. The Labute approximate surface area is 149 Å². The van der Waals surface area contributed by atoms with Crippen LogP contribution in [-0.4, -0.2) is 42.5 Å². The number of carboxylic acids is 1. The predicted molar refractivity (Wildman–Crippen MR) is 93.7 cm³/mol. The van der Waals surface area contributed by atoms with E-state index in [4.69, 9.17) is 5.11 Å². The van der Waals surface area contributed by atoms with Gasteiger partial charge in [0.25, 0.3) is 0 Å². The van der Waals surface area contributed by atoms with Gasteiger partial charge >= 0.3 is 12.0 Å². The largest absolute Gasteiger partial charge is 0.480 e. The molecule has 8 heteroatoms. The maximum absolute atomic E-state index is 11.4. The number of unbranched alkanes of at least 4 members (excludes halogenated alkanes) is 1. The van der Waals surface area contributed by atoms with E-state index in [2.05, 4.69) is 31.9 Å². The number of hydrogen-bond acceptors (Lipinski definition) is 4. The fourth-order valence-electron chi connectivity index (χ4n) is 2.03. The average molecular weight is 400 g/mol. The molecule has 0 bridgehead atoms. The lowest BCUT2D eigenvalue weighted by atomic mass is 10.1. The summed E-state index contributed by atoms with van der Waals surface area (Å²) in [6.07, 6.45) is 2.34. The highest BCUT2D eigenvalue weighted by atomic mass is 79.9. The second kappa shape index (κ2) is 11.6. The van der Waals surface area contributed by atoms with Gasteiger partial charge in [-0.05, 0) is 43.5 Å². The maximum atomic E-state index is 11.4. The van der Waals surface area contributed by atoms with Gasteiger partial charge in [0.05, 0.1) is 6.54 Å². The van der Waals surface area contributed by atoms with E-state index in [1.165, 1.54) is 5.56 Å². The van der Waals surface area contributed by atoms with Crippen molar-refractivity contribution in [2.45, 2.75) is 31.8 Å². The van der Waals surface area contributed by atoms with E-state index in [1.807, 2.05) is 24.3 Å². The lowest BCUT2D eigenvalue weighted by Crippen LogP contribution is -2.46. The summed E-state index contributed by atoms with van der Waals surface area (Å²) in [5.41, 5.74) is 1.18. The third kappa shape index (κ3) is 8.64. The fraction of sp³-hybridized carbons (Fsp3) is 0.438. The lowest BCUT2D eigenvalue weighted by molar-refractivity contribution is -0.139. The lowest BCUT2D eigenvalue weighted by Gasteiger charge is -2.14. The number of nitrogens with one attached hydrogen (secondary N) is 3. The minimum Gasteiger partial charge on any atom is -0.480 e. The third-order valence-electron chi connectivity index (χ3n) is 3.29. The van der Waals surface area contributed by atoms with Crippen LogP contribution < -0.4 is 16.0 Å². The predicted octanol–water partition coefficient (Wildman–Crippen LogP) is 1.66. The Morgan fingerprint density at radius 3 is 2.54 bits per heavy atom. The highest BCUT2D eigenvalue weighted by Crippen LogP contribution is 2.10. The van der Waals surface area contributed by atoms with Crippen molar-refractivity contribution in [2.24, 2.45) is 0 Å². The summed E-state index contributed by atoms with van der Waals surface area (Å²) in [5, 5.41) is 17.0. The van der Waals surface area contributed by atoms with Crippen molar-refractivity contribution in [2.75, 3.05) is 13.1 Å². The van der Waals surface area contributed by atoms with Crippen LogP contribution in [0.25, 0.3) is 0 Å². The first-order valence-corrected chi connectivity index (χ1v) is 8.48. The molecule has 0 spiro atoms. The van der Waals surface area contributed by atoms with Gasteiger partial charge in [0.2, 0.25) is 0 Å². The van der Waals surface area contributed by atoms with Crippen LogP contribution >= 0.6 is 15.9 Å². The molecule has 0 aliphatic heterocycles. The van der Waals surface area contributed by atoms with Crippen molar-refractivity contribution < 1.29 is 19.5 Å². The molecule has 0 saturated carbocycles. The van der Waals surface area contributed by atoms with Crippen molar-refractivity contribution >= 4 is 34.2 Å². The quantitative estimate of drug-likeness (QED) is 0.334. The van der Waals surface area contributed by atoms with Crippen molar-refractivity contribution in [3.8, 4) is 0 Å². The monoisotopic (exact) mass is 399 g/mol. The zero-order valence-corrected chi connectivity index (χ0v) is 14.8. The minimum atomic E-state index is -1.08. The Morgan fingerprint density at radius 2 is 1.92 bits per heavy atom. The molecular formula is C16H22BrN3O4. The van der Waals surface area contributed by atoms with Crippen LogP contribution in [-0.2, 0) is 16.1 Å². The molecule has 0 heterocycles. The number of urea groups is 1. The van der Waals surface area contributed by atoms with Gasteiger partial charge in [0.1, 0.15) is 12.3 Å². The number of amides is 2. The van der Waals surface area contributed by atoms with Gasteiger partial charge in [0, 0.05) is 11.0 Å².